The zero-order valence-corrected chi connectivity index (χ0v) is 14.1. The number of hydrogen-bond acceptors (Lipinski definition) is 9. The molecular formula is C6H15O15P3. The van der Waals surface area contributed by atoms with E-state index < -0.39 is 60.8 Å². The highest BCUT2D eigenvalue weighted by atomic mass is 31.2. The molecule has 0 aliphatic carbocycles. The molecule has 4 atom stereocenters. The summed E-state index contributed by atoms with van der Waals surface area (Å²) in [5, 5.41) is 19.1. The lowest BCUT2D eigenvalue weighted by Crippen LogP contribution is -2.64. The highest BCUT2D eigenvalue weighted by Crippen LogP contribution is 2.50. The minimum absolute atomic E-state index is 0.978. The lowest BCUT2D eigenvalue weighted by atomic mass is 9.97. The fraction of sp³-hybridized carbons (Fsp3) is 1.00. The third kappa shape index (κ3) is 6.84. The molecule has 1 fully saturated rings. The second-order valence-corrected chi connectivity index (χ2v) is 8.10. The normalized spacial score (nSPS) is 32.8. The average Bonchev–Trinajstić information content (AvgIpc) is 2.33. The predicted molar refractivity (Wildman–Crippen MR) is 68.7 cm³/mol. The Kier molecular flexibility index (Phi) is 6.90. The number of aliphatic hydroxyl groups is 2. The SMILES string of the molecule is O=P(O)(O)O[C@@H]1[C@H](OP(=O)(O)O)CO[C@](O)(CO)[C@H]1OP(=O)(O)O. The lowest BCUT2D eigenvalue weighted by Gasteiger charge is -2.45. The molecule has 1 aliphatic heterocycles. The summed E-state index contributed by atoms with van der Waals surface area (Å²) in [4.78, 5) is 52.9. The van der Waals surface area contributed by atoms with Gasteiger partial charge in [0.15, 0.2) is 6.10 Å². The number of phosphoric acid groups is 3. The largest absolute Gasteiger partial charge is 0.470 e. The molecule has 0 unspecified atom stereocenters. The zero-order chi connectivity index (χ0) is 19.0. The summed E-state index contributed by atoms with van der Waals surface area (Å²) >= 11 is 0. The molecule has 1 heterocycles. The molecule has 0 aromatic heterocycles. The molecule has 8 N–H and O–H groups in total. The van der Waals surface area contributed by atoms with Crippen molar-refractivity contribution in [1.82, 2.24) is 0 Å². The van der Waals surface area contributed by atoms with Crippen LogP contribution in [0.25, 0.3) is 0 Å². The third-order valence-electron chi connectivity index (χ3n) is 2.62. The Morgan fingerprint density at radius 1 is 0.917 bits per heavy atom. The van der Waals surface area contributed by atoms with Crippen molar-refractivity contribution in [2.75, 3.05) is 13.2 Å². The van der Waals surface area contributed by atoms with Gasteiger partial charge >= 0.3 is 23.5 Å². The highest BCUT2D eigenvalue weighted by molar-refractivity contribution is 7.47. The van der Waals surface area contributed by atoms with Crippen molar-refractivity contribution >= 4 is 23.5 Å². The molecule has 24 heavy (non-hydrogen) atoms. The van der Waals surface area contributed by atoms with Crippen molar-refractivity contribution in [3.8, 4) is 0 Å². The minimum atomic E-state index is -5.44. The predicted octanol–water partition coefficient (Wildman–Crippen LogP) is -2.87. The number of aliphatic hydroxyl groups excluding tert-OH is 1. The first kappa shape index (κ1) is 22.3. The van der Waals surface area contributed by atoms with Gasteiger partial charge in [0.2, 0.25) is 5.79 Å². The van der Waals surface area contributed by atoms with Crippen LogP contribution in [0.2, 0.25) is 0 Å². The second-order valence-electron chi connectivity index (χ2n) is 4.53. The molecule has 144 valence electrons. The van der Waals surface area contributed by atoms with Gasteiger partial charge in [0, 0.05) is 0 Å². The van der Waals surface area contributed by atoms with Crippen molar-refractivity contribution in [1.29, 1.82) is 0 Å². The topological polar surface area (TPSA) is 250 Å². The number of rotatable bonds is 7. The van der Waals surface area contributed by atoms with E-state index in [4.69, 9.17) is 34.5 Å². The maximum absolute atomic E-state index is 11.0. The summed E-state index contributed by atoms with van der Waals surface area (Å²) in [6.07, 6.45) is -6.85. The van der Waals surface area contributed by atoms with Gasteiger partial charge < -0.3 is 44.3 Å². The van der Waals surface area contributed by atoms with Gasteiger partial charge in [0.1, 0.15) is 12.2 Å². The van der Waals surface area contributed by atoms with E-state index in [9.17, 15) is 18.8 Å². The van der Waals surface area contributed by atoms with Crippen LogP contribution in [0.3, 0.4) is 0 Å². The van der Waals surface area contributed by atoms with E-state index in [1.165, 1.54) is 0 Å². The Bertz CT molecular complexity index is 574. The van der Waals surface area contributed by atoms with Crippen LogP contribution in [0.4, 0.5) is 0 Å². The Labute approximate surface area is 133 Å². The lowest BCUT2D eigenvalue weighted by molar-refractivity contribution is -0.323. The first-order valence-electron chi connectivity index (χ1n) is 5.75. The molecule has 0 radical (unpaired) electrons. The van der Waals surface area contributed by atoms with Crippen LogP contribution in [-0.4, -0.2) is 76.9 Å². The van der Waals surface area contributed by atoms with E-state index in [0.29, 0.717) is 0 Å². The highest BCUT2D eigenvalue weighted by Gasteiger charge is 2.57. The first-order valence-corrected chi connectivity index (χ1v) is 10.3. The molecule has 18 heteroatoms. The van der Waals surface area contributed by atoms with Gasteiger partial charge in [-0.25, -0.2) is 13.7 Å². The van der Waals surface area contributed by atoms with Crippen molar-refractivity contribution in [3.63, 3.8) is 0 Å². The van der Waals surface area contributed by atoms with Gasteiger partial charge in [-0.15, -0.1) is 0 Å². The minimum Gasteiger partial charge on any atom is -0.391 e. The van der Waals surface area contributed by atoms with E-state index in [1.54, 1.807) is 0 Å². The van der Waals surface area contributed by atoms with Crippen LogP contribution in [0.15, 0.2) is 0 Å². The molecule has 15 nitrogen and oxygen atoms in total. The van der Waals surface area contributed by atoms with E-state index >= 15 is 0 Å². The average molecular weight is 420 g/mol. The zero-order valence-electron chi connectivity index (χ0n) is 11.4. The summed E-state index contributed by atoms with van der Waals surface area (Å²) in [5.74, 6) is -2.92. The monoisotopic (exact) mass is 420 g/mol. The summed E-state index contributed by atoms with van der Waals surface area (Å²) in [5.41, 5.74) is 0. The van der Waals surface area contributed by atoms with Crippen LogP contribution in [0.1, 0.15) is 0 Å². The van der Waals surface area contributed by atoms with Crippen LogP contribution in [0.5, 0.6) is 0 Å². The molecule has 1 saturated heterocycles. The van der Waals surface area contributed by atoms with E-state index in [0.717, 1.165) is 0 Å². The Hall–Kier alpha value is 0.210. The molecule has 0 saturated carbocycles. The summed E-state index contributed by atoms with van der Waals surface area (Å²) in [7, 11) is -16.1. The smallest absolute Gasteiger partial charge is 0.391 e. The number of ether oxygens (including phenoxy) is 1. The fourth-order valence-corrected chi connectivity index (χ4v) is 3.51. The molecule has 0 aromatic rings. The van der Waals surface area contributed by atoms with Gasteiger partial charge in [-0.05, 0) is 0 Å². The van der Waals surface area contributed by atoms with E-state index in [-0.39, 0.29) is 0 Å². The van der Waals surface area contributed by atoms with Crippen LogP contribution in [-0.2, 0) is 32.0 Å². The van der Waals surface area contributed by atoms with E-state index in [2.05, 4.69) is 18.3 Å². The third-order valence-corrected chi connectivity index (χ3v) is 4.18. The van der Waals surface area contributed by atoms with Crippen molar-refractivity contribution in [2.45, 2.75) is 24.1 Å². The number of hydrogen-bond donors (Lipinski definition) is 8. The van der Waals surface area contributed by atoms with Gasteiger partial charge in [0.25, 0.3) is 0 Å². The summed E-state index contributed by atoms with van der Waals surface area (Å²) in [6, 6.07) is 0. The molecule has 1 rings (SSSR count). The van der Waals surface area contributed by atoms with Gasteiger partial charge in [-0.2, -0.15) is 0 Å². The molecular weight excluding hydrogens is 405 g/mol. The fourth-order valence-electron chi connectivity index (χ4n) is 1.83. The van der Waals surface area contributed by atoms with Crippen molar-refractivity contribution in [2.24, 2.45) is 0 Å². The van der Waals surface area contributed by atoms with Crippen molar-refractivity contribution < 1.29 is 71.6 Å². The summed E-state index contributed by atoms with van der Waals surface area (Å²) < 4.78 is 50.0. The Morgan fingerprint density at radius 2 is 1.38 bits per heavy atom. The van der Waals surface area contributed by atoms with Gasteiger partial charge in [0.05, 0.1) is 13.2 Å². The quantitative estimate of drug-likeness (QED) is 0.193. The van der Waals surface area contributed by atoms with Gasteiger partial charge in [-0.3, -0.25) is 13.6 Å². The molecule has 1 aliphatic rings. The van der Waals surface area contributed by atoms with Crippen molar-refractivity contribution in [3.05, 3.63) is 0 Å². The Balaban J connectivity index is 3.29. The first-order chi connectivity index (χ1) is 10.6. The Morgan fingerprint density at radius 3 is 1.75 bits per heavy atom. The molecule has 0 aromatic carbocycles. The second kappa shape index (κ2) is 7.45. The molecule has 0 bridgehead atoms. The van der Waals surface area contributed by atoms with Crippen LogP contribution >= 0.6 is 23.5 Å². The molecule has 0 amide bonds. The maximum atomic E-state index is 11.0. The van der Waals surface area contributed by atoms with Gasteiger partial charge in [-0.1, -0.05) is 0 Å². The maximum Gasteiger partial charge on any atom is 0.470 e. The summed E-state index contributed by atoms with van der Waals surface area (Å²) in [6.45, 7) is -2.35. The van der Waals surface area contributed by atoms with E-state index in [1.807, 2.05) is 0 Å². The van der Waals surface area contributed by atoms with Crippen LogP contribution < -0.4 is 0 Å². The number of phosphoric ester groups is 3. The molecule has 0 spiro atoms. The van der Waals surface area contributed by atoms with Crippen LogP contribution in [0, 0.1) is 0 Å². The standard InChI is InChI=1S/C6H15O15P3/c7-2-6(8)5(21-24(15,16)17)4(20-23(12,13)14)3(1-18-6)19-22(9,10)11/h3-5,7-8H,1-2H2,(H2,9,10,11)(H2,12,13,14)(H2,15,16,17)/t3-,4-,5+,6-/m1/s1.